The number of rotatable bonds is 7. The summed E-state index contributed by atoms with van der Waals surface area (Å²) in [5.41, 5.74) is 0.564. The fourth-order valence-electron chi connectivity index (χ4n) is 3.60. The minimum absolute atomic E-state index is 0.171. The molecule has 0 radical (unpaired) electrons. The molecule has 2 aromatic carbocycles. The maximum Gasteiger partial charge on any atom is 0.246 e. The predicted octanol–water partition coefficient (Wildman–Crippen LogP) is 4.51. The molecule has 1 saturated heterocycles. The van der Waals surface area contributed by atoms with E-state index in [2.05, 4.69) is 0 Å². The number of carbonyl (C=O) groups is 2. The molecule has 1 fully saturated rings. The van der Waals surface area contributed by atoms with Crippen LogP contribution in [0, 0.1) is 17.6 Å². The number of amides is 1. The Labute approximate surface area is 180 Å². The van der Waals surface area contributed by atoms with Gasteiger partial charge < -0.3 is 14.4 Å². The van der Waals surface area contributed by atoms with Crippen molar-refractivity contribution in [1.82, 2.24) is 4.90 Å². The molecule has 0 aromatic heterocycles. The van der Waals surface area contributed by atoms with E-state index in [-0.39, 0.29) is 11.5 Å². The molecule has 3 rings (SSSR count). The van der Waals surface area contributed by atoms with Crippen LogP contribution in [-0.4, -0.2) is 43.4 Å². The molecule has 0 atom stereocenters. The summed E-state index contributed by atoms with van der Waals surface area (Å²) in [6, 6.07) is 8.28. The summed E-state index contributed by atoms with van der Waals surface area (Å²) in [5.74, 6) is -1.17. The molecular formula is C24H25F2NO4. The molecule has 0 spiro atoms. The zero-order valence-corrected chi connectivity index (χ0v) is 17.6. The largest absolute Gasteiger partial charge is 0.493 e. The molecule has 0 aliphatic carbocycles. The molecular weight excluding hydrogens is 404 g/mol. The Balaban J connectivity index is 1.59. The smallest absolute Gasteiger partial charge is 0.246 e. The van der Waals surface area contributed by atoms with Gasteiger partial charge in [0.1, 0.15) is 11.6 Å². The molecule has 1 aliphatic rings. The zero-order chi connectivity index (χ0) is 22.4. The first kappa shape index (κ1) is 22.5. The number of nitrogens with zero attached hydrogens (tertiary/aromatic N) is 1. The molecule has 0 N–H and O–H groups in total. The van der Waals surface area contributed by atoms with Crippen LogP contribution in [0.25, 0.3) is 6.08 Å². The SMILES string of the molecule is CCOc1ccc(/C=C/C(=O)N2CCC(C(=O)c3cc(F)ccc3F)CC2)cc1OC. The Morgan fingerprint density at radius 3 is 2.52 bits per heavy atom. The molecule has 1 aliphatic heterocycles. The highest BCUT2D eigenvalue weighted by molar-refractivity contribution is 5.98. The number of ether oxygens (including phenoxy) is 2. The minimum Gasteiger partial charge on any atom is -0.493 e. The van der Waals surface area contributed by atoms with E-state index < -0.39 is 23.3 Å². The number of hydrogen-bond acceptors (Lipinski definition) is 4. The number of halogens is 2. The van der Waals surface area contributed by atoms with E-state index >= 15 is 0 Å². The summed E-state index contributed by atoms with van der Waals surface area (Å²) in [7, 11) is 1.55. The number of methoxy groups -OCH3 is 1. The Morgan fingerprint density at radius 1 is 1.10 bits per heavy atom. The van der Waals surface area contributed by atoms with Crippen LogP contribution >= 0.6 is 0 Å². The van der Waals surface area contributed by atoms with Gasteiger partial charge in [0.2, 0.25) is 5.91 Å². The highest BCUT2D eigenvalue weighted by atomic mass is 19.1. The van der Waals surface area contributed by atoms with Crippen LogP contribution in [0.2, 0.25) is 0 Å². The van der Waals surface area contributed by atoms with Crippen molar-refractivity contribution in [1.29, 1.82) is 0 Å². The van der Waals surface area contributed by atoms with Gasteiger partial charge in [0.25, 0.3) is 0 Å². The lowest BCUT2D eigenvalue weighted by molar-refractivity contribution is -0.127. The van der Waals surface area contributed by atoms with E-state index in [4.69, 9.17) is 9.47 Å². The summed E-state index contributed by atoms with van der Waals surface area (Å²) in [6.07, 6.45) is 3.99. The fourth-order valence-corrected chi connectivity index (χ4v) is 3.60. The summed E-state index contributed by atoms with van der Waals surface area (Å²) < 4.78 is 38.1. The third kappa shape index (κ3) is 5.48. The second-order valence-electron chi connectivity index (χ2n) is 7.26. The van der Waals surface area contributed by atoms with Crippen LogP contribution in [0.15, 0.2) is 42.5 Å². The molecule has 0 bridgehead atoms. The van der Waals surface area contributed by atoms with Crippen molar-refractivity contribution in [2.45, 2.75) is 19.8 Å². The standard InChI is InChI=1S/C24H25F2NO4/c1-3-31-21-8-4-16(14-22(21)30-2)5-9-23(28)27-12-10-17(11-13-27)24(29)19-15-18(25)6-7-20(19)26/h4-9,14-15,17H,3,10-13H2,1-2H3/b9-5+. The van der Waals surface area contributed by atoms with E-state index in [9.17, 15) is 18.4 Å². The highest BCUT2D eigenvalue weighted by Crippen LogP contribution is 2.29. The minimum atomic E-state index is -0.723. The van der Waals surface area contributed by atoms with Gasteiger partial charge in [-0.25, -0.2) is 8.78 Å². The molecule has 0 saturated carbocycles. The summed E-state index contributed by atoms with van der Waals surface area (Å²) >= 11 is 0. The van der Waals surface area contributed by atoms with Crippen LogP contribution in [0.4, 0.5) is 8.78 Å². The monoisotopic (exact) mass is 429 g/mol. The number of benzene rings is 2. The fraction of sp³-hybridized carbons (Fsp3) is 0.333. The van der Waals surface area contributed by atoms with Crippen molar-refractivity contribution in [3.63, 3.8) is 0 Å². The molecule has 1 amide bonds. The van der Waals surface area contributed by atoms with E-state index in [1.165, 1.54) is 6.08 Å². The molecule has 2 aromatic rings. The van der Waals surface area contributed by atoms with E-state index in [1.807, 2.05) is 13.0 Å². The maximum absolute atomic E-state index is 13.9. The number of Topliss-reactive ketones (excluding diaryl/α,β-unsaturated/α-hetero) is 1. The van der Waals surface area contributed by atoms with Gasteiger partial charge in [-0.1, -0.05) is 6.07 Å². The average Bonchev–Trinajstić information content (AvgIpc) is 2.79. The lowest BCUT2D eigenvalue weighted by atomic mass is 9.88. The van der Waals surface area contributed by atoms with Crippen molar-refractivity contribution in [2.24, 2.45) is 5.92 Å². The first-order valence-electron chi connectivity index (χ1n) is 10.2. The van der Waals surface area contributed by atoms with Gasteiger partial charge in [0.05, 0.1) is 19.3 Å². The van der Waals surface area contributed by atoms with Crippen molar-refractivity contribution in [3.05, 3.63) is 65.2 Å². The molecule has 0 unspecified atom stereocenters. The van der Waals surface area contributed by atoms with E-state index in [1.54, 1.807) is 30.2 Å². The molecule has 164 valence electrons. The van der Waals surface area contributed by atoms with Crippen molar-refractivity contribution >= 4 is 17.8 Å². The van der Waals surface area contributed by atoms with Crippen LogP contribution in [0.1, 0.15) is 35.7 Å². The second kappa shape index (κ2) is 10.2. The normalized spacial score (nSPS) is 14.6. The lowest BCUT2D eigenvalue weighted by Gasteiger charge is -2.30. The number of hydrogen-bond donors (Lipinski definition) is 0. The Kier molecular flexibility index (Phi) is 7.39. The van der Waals surface area contributed by atoms with E-state index in [0.29, 0.717) is 44.0 Å². The first-order chi connectivity index (χ1) is 14.9. The van der Waals surface area contributed by atoms with Gasteiger partial charge in [0, 0.05) is 25.1 Å². The average molecular weight is 429 g/mol. The quantitative estimate of drug-likeness (QED) is 0.480. The topological polar surface area (TPSA) is 55.8 Å². The molecule has 1 heterocycles. The highest BCUT2D eigenvalue weighted by Gasteiger charge is 2.28. The number of piperidine rings is 1. The third-order valence-corrected chi connectivity index (χ3v) is 5.28. The van der Waals surface area contributed by atoms with Crippen LogP contribution in [0.5, 0.6) is 11.5 Å². The van der Waals surface area contributed by atoms with Gasteiger partial charge in [0.15, 0.2) is 17.3 Å². The first-order valence-corrected chi connectivity index (χ1v) is 10.2. The molecule has 5 nitrogen and oxygen atoms in total. The molecule has 7 heteroatoms. The second-order valence-corrected chi connectivity index (χ2v) is 7.26. The van der Waals surface area contributed by atoms with Crippen molar-refractivity contribution in [2.75, 3.05) is 26.8 Å². The number of ketones is 1. The Morgan fingerprint density at radius 2 is 1.84 bits per heavy atom. The molecule has 31 heavy (non-hydrogen) atoms. The van der Waals surface area contributed by atoms with Gasteiger partial charge in [-0.15, -0.1) is 0 Å². The summed E-state index contributed by atoms with van der Waals surface area (Å²) in [4.78, 5) is 26.7. The van der Waals surface area contributed by atoms with E-state index in [0.717, 1.165) is 23.8 Å². The van der Waals surface area contributed by atoms with Crippen LogP contribution < -0.4 is 9.47 Å². The Bertz CT molecular complexity index is 982. The third-order valence-electron chi connectivity index (χ3n) is 5.28. The van der Waals surface area contributed by atoms with Crippen molar-refractivity contribution < 1.29 is 27.8 Å². The van der Waals surface area contributed by atoms with Gasteiger partial charge >= 0.3 is 0 Å². The number of carbonyl (C=O) groups excluding carboxylic acids is 2. The number of likely N-dealkylation sites (tertiary alicyclic amines) is 1. The Hall–Kier alpha value is -3.22. The van der Waals surface area contributed by atoms with Crippen LogP contribution in [-0.2, 0) is 4.79 Å². The summed E-state index contributed by atoms with van der Waals surface area (Å²) in [5, 5.41) is 0. The van der Waals surface area contributed by atoms with Gasteiger partial charge in [-0.3, -0.25) is 9.59 Å². The van der Waals surface area contributed by atoms with Crippen molar-refractivity contribution in [3.8, 4) is 11.5 Å². The maximum atomic E-state index is 13.9. The van der Waals surface area contributed by atoms with Gasteiger partial charge in [-0.05, 0) is 61.7 Å². The predicted molar refractivity (Wildman–Crippen MR) is 113 cm³/mol. The zero-order valence-electron chi connectivity index (χ0n) is 17.6. The lowest BCUT2D eigenvalue weighted by Crippen LogP contribution is -2.39. The van der Waals surface area contributed by atoms with Crippen LogP contribution in [0.3, 0.4) is 0 Å². The summed E-state index contributed by atoms with van der Waals surface area (Å²) in [6.45, 7) is 3.16. The van der Waals surface area contributed by atoms with Gasteiger partial charge in [-0.2, -0.15) is 0 Å².